The smallest absolute Gasteiger partial charge is 0.250 e. The Balaban J connectivity index is 1.89. The molecule has 1 saturated carbocycles. The first-order chi connectivity index (χ1) is 12.8. The zero-order valence-corrected chi connectivity index (χ0v) is 15.7. The Hall–Kier alpha value is -2.45. The fourth-order valence-electron chi connectivity index (χ4n) is 2.74. The van der Waals surface area contributed by atoms with Gasteiger partial charge in [0, 0.05) is 20.1 Å². The van der Waals surface area contributed by atoms with Crippen molar-refractivity contribution in [2.45, 2.75) is 37.5 Å². The number of nitrogens with zero attached hydrogens (tertiary/aromatic N) is 1. The number of likely N-dealkylation sites (N-methyl/N-ethyl adjacent to an activating group) is 1. The molecule has 0 aromatic heterocycles. The van der Waals surface area contributed by atoms with Crippen molar-refractivity contribution in [3.63, 3.8) is 0 Å². The van der Waals surface area contributed by atoms with Gasteiger partial charge in [0.25, 0.3) is 5.91 Å². The molecule has 0 aliphatic heterocycles. The summed E-state index contributed by atoms with van der Waals surface area (Å²) >= 11 is 0. The average Bonchev–Trinajstić information content (AvgIpc) is 3.47. The molecule has 2 rings (SSSR count). The number of rotatable bonds is 9. The molecule has 0 spiro atoms. The van der Waals surface area contributed by atoms with Gasteiger partial charge < -0.3 is 26.4 Å². The largest absolute Gasteiger partial charge is 0.382 e. The van der Waals surface area contributed by atoms with E-state index in [1.165, 1.54) is 4.90 Å². The molecule has 0 bridgehead atoms. The summed E-state index contributed by atoms with van der Waals surface area (Å²) in [5.41, 5.74) is 6.47. The van der Waals surface area contributed by atoms with Crippen molar-refractivity contribution in [3.05, 3.63) is 35.9 Å². The molecule has 2 unspecified atom stereocenters. The van der Waals surface area contributed by atoms with Crippen LogP contribution in [-0.4, -0.2) is 60.5 Å². The Labute approximate surface area is 159 Å². The average molecular weight is 376 g/mol. The lowest BCUT2D eigenvalue weighted by molar-refractivity contribution is -0.135. The topological polar surface area (TPSA) is 125 Å². The minimum absolute atomic E-state index is 0.285. The van der Waals surface area contributed by atoms with Gasteiger partial charge in [-0.25, -0.2) is 0 Å². The number of amides is 3. The summed E-state index contributed by atoms with van der Waals surface area (Å²) in [7, 11) is 3.20. The fourth-order valence-corrected chi connectivity index (χ4v) is 2.74. The maximum absolute atomic E-state index is 12.4. The van der Waals surface area contributed by atoms with E-state index in [1.54, 1.807) is 38.4 Å². The number of aliphatic hydroxyl groups is 1. The predicted molar refractivity (Wildman–Crippen MR) is 100 cm³/mol. The van der Waals surface area contributed by atoms with Gasteiger partial charge in [-0.2, -0.15) is 0 Å². The first kappa shape index (κ1) is 20.9. The van der Waals surface area contributed by atoms with Gasteiger partial charge in [-0.1, -0.05) is 43.2 Å². The van der Waals surface area contributed by atoms with Crippen molar-refractivity contribution >= 4 is 17.7 Å². The Morgan fingerprint density at radius 3 is 2.41 bits per heavy atom. The number of nitrogens with two attached hydrogens (primary N) is 1. The van der Waals surface area contributed by atoms with Gasteiger partial charge in [0.1, 0.15) is 12.1 Å². The van der Waals surface area contributed by atoms with E-state index in [0.717, 1.165) is 12.8 Å². The molecule has 27 heavy (non-hydrogen) atoms. The highest BCUT2D eigenvalue weighted by atomic mass is 16.3. The highest BCUT2D eigenvalue weighted by molar-refractivity contribution is 5.91. The van der Waals surface area contributed by atoms with Gasteiger partial charge in [0.15, 0.2) is 0 Å². The SMILES string of the molecule is CN(C)C(=O)[C@@H](NC(=O)CNC(=O)C(O)C(N)CC1CC1)c1ccccc1. The molecule has 0 heterocycles. The molecule has 5 N–H and O–H groups in total. The van der Waals surface area contributed by atoms with Crippen molar-refractivity contribution in [2.75, 3.05) is 20.6 Å². The zero-order valence-electron chi connectivity index (χ0n) is 15.7. The van der Waals surface area contributed by atoms with E-state index in [2.05, 4.69) is 10.6 Å². The molecule has 1 aliphatic carbocycles. The Kier molecular flexibility index (Phi) is 7.32. The molecule has 3 atom stereocenters. The van der Waals surface area contributed by atoms with Crippen LogP contribution < -0.4 is 16.4 Å². The van der Waals surface area contributed by atoms with Crippen molar-refractivity contribution in [2.24, 2.45) is 11.7 Å². The Bertz CT molecular complexity index is 661. The highest BCUT2D eigenvalue weighted by Gasteiger charge is 2.30. The molecule has 8 nitrogen and oxygen atoms in total. The number of benzene rings is 1. The zero-order chi connectivity index (χ0) is 20.0. The van der Waals surface area contributed by atoms with Crippen LogP contribution in [0, 0.1) is 5.92 Å². The molecule has 148 valence electrons. The summed E-state index contributed by atoms with van der Waals surface area (Å²) in [6.07, 6.45) is 1.39. The lowest BCUT2D eigenvalue weighted by Gasteiger charge is -2.22. The van der Waals surface area contributed by atoms with Crippen LogP contribution in [0.5, 0.6) is 0 Å². The standard InChI is InChI=1S/C19H28N4O4/c1-23(2)19(27)16(13-6-4-3-5-7-13)22-15(24)11-21-18(26)17(25)14(20)10-12-8-9-12/h3-7,12,14,16-17,25H,8-11,20H2,1-2H3,(H,21,26)(H,22,24)/t14?,16-,17?/m0/s1. The first-order valence-corrected chi connectivity index (χ1v) is 9.06. The summed E-state index contributed by atoms with van der Waals surface area (Å²) in [6, 6.07) is 7.35. The normalized spacial score (nSPS) is 16.7. The van der Waals surface area contributed by atoms with Crippen molar-refractivity contribution in [1.29, 1.82) is 0 Å². The van der Waals surface area contributed by atoms with E-state index in [4.69, 9.17) is 5.73 Å². The number of hydrogen-bond donors (Lipinski definition) is 4. The third kappa shape index (κ3) is 6.33. The van der Waals surface area contributed by atoms with Gasteiger partial charge in [-0.15, -0.1) is 0 Å². The predicted octanol–water partition coefficient (Wildman–Crippen LogP) is -0.463. The van der Waals surface area contributed by atoms with Crippen LogP contribution in [-0.2, 0) is 14.4 Å². The molecule has 0 radical (unpaired) electrons. The Morgan fingerprint density at radius 1 is 1.22 bits per heavy atom. The van der Waals surface area contributed by atoms with E-state index in [1.807, 2.05) is 6.07 Å². The fraction of sp³-hybridized carbons (Fsp3) is 0.526. The minimum Gasteiger partial charge on any atom is -0.382 e. The second-order valence-electron chi connectivity index (χ2n) is 7.15. The summed E-state index contributed by atoms with van der Waals surface area (Å²) in [5, 5.41) is 15.0. The van der Waals surface area contributed by atoms with E-state index < -0.39 is 30.0 Å². The number of nitrogens with one attached hydrogen (secondary N) is 2. The molecule has 1 aromatic carbocycles. The molecule has 0 saturated heterocycles. The third-order valence-electron chi connectivity index (χ3n) is 4.53. The molecule has 1 aliphatic rings. The third-order valence-corrected chi connectivity index (χ3v) is 4.53. The molecule has 3 amide bonds. The van der Waals surface area contributed by atoms with Gasteiger partial charge in [-0.05, 0) is 17.9 Å². The lowest BCUT2D eigenvalue weighted by Crippen LogP contribution is -2.50. The monoisotopic (exact) mass is 376 g/mol. The minimum atomic E-state index is -1.35. The number of aliphatic hydroxyl groups excluding tert-OH is 1. The van der Waals surface area contributed by atoms with Gasteiger partial charge in [-0.3, -0.25) is 14.4 Å². The van der Waals surface area contributed by atoms with E-state index >= 15 is 0 Å². The van der Waals surface area contributed by atoms with Crippen LogP contribution in [0.15, 0.2) is 30.3 Å². The van der Waals surface area contributed by atoms with Gasteiger partial charge in [0.2, 0.25) is 11.8 Å². The maximum Gasteiger partial charge on any atom is 0.250 e. The summed E-state index contributed by atoms with van der Waals surface area (Å²) < 4.78 is 0. The molecule has 1 fully saturated rings. The van der Waals surface area contributed by atoms with Crippen LogP contribution in [0.4, 0.5) is 0 Å². The van der Waals surface area contributed by atoms with Crippen LogP contribution in [0.3, 0.4) is 0 Å². The lowest BCUT2D eigenvalue weighted by atomic mass is 10.0. The molecule has 8 heteroatoms. The molecular weight excluding hydrogens is 348 g/mol. The second kappa shape index (κ2) is 9.48. The maximum atomic E-state index is 12.4. The quantitative estimate of drug-likeness (QED) is 0.464. The molecular formula is C19H28N4O4. The van der Waals surface area contributed by atoms with E-state index in [-0.39, 0.29) is 12.5 Å². The number of hydrogen-bond acceptors (Lipinski definition) is 5. The van der Waals surface area contributed by atoms with Crippen LogP contribution in [0.2, 0.25) is 0 Å². The van der Waals surface area contributed by atoms with Crippen LogP contribution in [0.1, 0.15) is 30.9 Å². The van der Waals surface area contributed by atoms with Crippen molar-refractivity contribution < 1.29 is 19.5 Å². The van der Waals surface area contributed by atoms with Gasteiger partial charge >= 0.3 is 0 Å². The van der Waals surface area contributed by atoms with Crippen LogP contribution in [0.25, 0.3) is 0 Å². The van der Waals surface area contributed by atoms with Crippen molar-refractivity contribution in [1.82, 2.24) is 15.5 Å². The molecule has 1 aromatic rings. The van der Waals surface area contributed by atoms with Crippen LogP contribution >= 0.6 is 0 Å². The highest BCUT2D eigenvalue weighted by Crippen LogP contribution is 2.33. The van der Waals surface area contributed by atoms with Crippen molar-refractivity contribution in [3.8, 4) is 0 Å². The summed E-state index contributed by atoms with van der Waals surface area (Å²) in [5.74, 6) is -1.02. The second-order valence-corrected chi connectivity index (χ2v) is 7.15. The number of carbonyl (C=O) groups excluding carboxylic acids is 3. The van der Waals surface area contributed by atoms with E-state index in [9.17, 15) is 19.5 Å². The summed E-state index contributed by atoms with van der Waals surface area (Å²) in [6.45, 7) is -0.351. The first-order valence-electron chi connectivity index (χ1n) is 9.06. The Morgan fingerprint density at radius 2 is 1.85 bits per heavy atom. The number of carbonyl (C=O) groups is 3. The summed E-state index contributed by atoms with van der Waals surface area (Å²) in [4.78, 5) is 38.0. The van der Waals surface area contributed by atoms with Gasteiger partial charge in [0.05, 0.1) is 6.54 Å². The van der Waals surface area contributed by atoms with E-state index in [0.29, 0.717) is 17.9 Å².